The summed E-state index contributed by atoms with van der Waals surface area (Å²) in [6.07, 6.45) is 1.96. The van der Waals surface area contributed by atoms with Crippen LogP contribution in [0.3, 0.4) is 0 Å². The van der Waals surface area contributed by atoms with Gasteiger partial charge >= 0.3 is 0 Å². The molecule has 1 aliphatic heterocycles. The predicted octanol–water partition coefficient (Wildman–Crippen LogP) is 1.96. The Morgan fingerprint density at radius 3 is 3.45 bits per heavy atom. The summed E-state index contributed by atoms with van der Waals surface area (Å²) >= 11 is 1.79. The van der Waals surface area contributed by atoms with Crippen molar-refractivity contribution < 1.29 is 0 Å². The molecule has 0 amide bonds. The smallest absolute Gasteiger partial charge is 0.110 e. The van der Waals surface area contributed by atoms with Crippen molar-refractivity contribution in [1.29, 1.82) is 0 Å². The van der Waals surface area contributed by atoms with Gasteiger partial charge in [-0.2, -0.15) is 0 Å². The van der Waals surface area contributed by atoms with Gasteiger partial charge in [0.25, 0.3) is 0 Å². The third kappa shape index (κ3) is 1.05. The van der Waals surface area contributed by atoms with Crippen LogP contribution in [0.15, 0.2) is 16.4 Å². The molecule has 1 aromatic rings. The molecule has 0 fully saturated rings. The molecule has 11 heavy (non-hydrogen) atoms. The first-order valence-corrected chi connectivity index (χ1v) is 4.62. The van der Waals surface area contributed by atoms with Gasteiger partial charge in [0, 0.05) is 18.3 Å². The topological polar surface area (TPSA) is 15.6 Å². The predicted molar refractivity (Wildman–Crippen MR) is 49.8 cm³/mol. The normalized spacial score (nSPS) is 15.2. The van der Waals surface area contributed by atoms with Gasteiger partial charge in [-0.05, 0) is 18.4 Å². The summed E-state index contributed by atoms with van der Waals surface area (Å²) in [6, 6.07) is 2.12. The molecule has 2 rings (SSSR count). The molecule has 0 aliphatic carbocycles. The van der Waals surface area contributed by atoms with Gasteiger partial charge < -0.3 is 4.90 Å². The van der Waals surface area contributed by atoms with Crippen molar-refractivity contribution in [1.82, 2.24) is 0 Å². The van der Waals surface area contributed by atoms with Crippen molar-refractivity contribution in [2.75, 3.05) is 18.1 Å². The van der Waals surface area contributed by atoms with E-state index in [1.807, 2.05) is 6.21 Å². The lowest BCUT2D eigenvalue weighted by atomic mass is 10.3. The highest BCUT2D eigenvalue weighted by Gasteiger charge is 2.12. The molecule has 0 unspecified atom stereocenters. The molecule has 0 N–H and O–H groups in total. The van der Waals surface area contributed by atoms with Crippen LogP contribution < -0.4 is 4.90 Å². The molecule has 1 aromatic heterocycles. The van der Waals surface area contributed by atoms with E-state index in [2.05, 4.69) is 28.3 Å². The molecule has 0 aromatic carbocycles. The minimum absolute atomic E-state index is 0.823. The lowest BCUT2D eigenvalue weighted by Gasteiger charge is -2.22. The first-order valence-electron chi connectivity index (χ1n) is 3.74. The lowest BCUT2D eigenvalue weighted by molar-refractivity contribution is 0.847. The zero-order valence-corrected chi connectivity index (χ0v) is 7.27. The Morgan fingerprint density at radius 1 is 1.73 bits per heavy atom. The highest BCUT2D eigenvalue weighted by atomic mass is 32.1. The van der Waals surface area contributed by atoms with E-state index in [-0.39, 0.29) is 0 Å². The molecular formula is C8H10N2S. The molecule has 0 saturated carbocycles. The van der Waals surface area contributed by atoms with Crippen LogP contribution in [0.4, 0.5) is 5.00 Å². The minimum atomic E-state index is 0.823. The van der Waals surface area contributed by atoms with Crippen LogP contribution in [0.2, 0.25) is 0 Å². The molecule has 0 atom stereocenters. The van der Waals surface area contributed by atoms with Gasteiger partial charge in [-0.15, -0.1) is 11.3 Å². The number of nitrogens with zero attached hydrogens (tertiary/aromatic N) is 2. The Labute approximate surface area is 70.2 Å². The van der Waals surface area contributed by atoms with Gasteiger partial charge in [-0.1, -0.05) is 0 Å². The molecule has 0 bridgehead atoms. The highest BCUT2D eigenvalue weighted by molar-refractivity contribution is 7.14. The van der Waals surface area contributed by atoms with Crippen molar-refractivity contribution in [2.45, 2.75) is 6.92 Å². The van der Waals surface area contributed by atoms with Crippen molar-refractivity contribution in [2.24, 2.45) is 4.99 Å². The largest absolute Gasteiger partial charge is 0.344 e. The average Bonchev–Trinajstić information content (AvgIpc) is 2.50. The van der Waals surface area contributed by atoms with Crippen LogP contribution in [0, 0.1) is 0 Å². The third-order valence-electron chi connectivity index (χ3n) is 1.83. The fraction of sp³-hybridized carbons (Fsp3) is 0.375. The van der Waals surface area contributed by atoms with E-state index in [0.29, 0.717) is 0 Å². The molecule has 58 valence electrons. The maximum absolute atomic E-state index is 4.25. The van der Waals surface area contributed by atoms with Gasteiger partial charge in [0.1, 0.15) is 11.7 Å². The summed E-state index contributed by atoms with van der Waals surface area (Å²) in [7, 11) is 0. The zero-order valence-electron chi connectivity index (χ0n) is 6.45. The number of hydrogen-bond acceptors (Lipinski definition) is 3. The molecule has 0 radical (unpaired) electrons. The summed E-state index contributed by atoms with van der Waals surface area (Å²) in [5.74, 6) is 0. The second-order valence-corrected chi connectivity index (χ2v) is 3.38. The molecule has 0 saturated heterocycles. The molecular weight excluding hydrogens is 156 g/mol. The Bertz CT molecular complexity index is 277. The SMILES string of the molecule is CCN1CN=Cc2ccsc21. The second-order valence-electron chi connectivity index (χ2n) is 2.49. The van der Waals surface area contributed by atoms with Crippen LogP contribution >= 0.6 is 11.3 Å². The third-order valence-corrected chi connectivity index (χ3v) is 2.82. The van der Waals surface area contributed by atoms with Gasteiger partial charge in [0.15, 0.2) is 0 Å². The Morgan fingerprint density at radius 2 is 2.64 bits per heavy atom. The van der Waals surface area contributed by atoms with E-state index < -0.39 is 0 Å². The molecule has 3 heteroatoms. The quantitative estimate of drug-likeness (QED) is 0.622. The zero-order chi connectivity index (χ0) is 7.68. The number of anilines is 1. The number of hydrogen-bond donors (Lipinski definition) is 0. The van der Waals surface area contributed by atoms with E-state index >= 15 is 0 Å². The molecule has 0 spiro atoms. The summed E-state index contributed by atoms with van der Waals surface area (Å²) in [6.45, 7) is 4.03. The summed E-state index contributed by atoms with van der Waals surface area (Å²) < 4.78 is 0. The number of rotatable bonds is 1. The molecule has 2 heterocycles. The van der Waals surface area contributed by atoms with E-state index in [9.17, 15) is 0 Å². The van der Waals surface area contributed by atoms with Crippen molar-refractivity contribution in [3.05, 3.63) is 17.0 Å². The van der Waals surface area contributed by atoms with Gasteiger partial charge in [-0.25, -0.2) is 0 Å². The standard InChI is InChI=1S/C8H10N2S/c1-2-10-6-9-5-7-3-4-11-8(7)10/h3-5H,2,6H2,1H3. The van der Waals surface area contributed by atoms with Gasteiger partial charge in [0.2, 0.25) is 0 Å². The van der Waals surface area contributed by atoms with E-state index in [0.717, 1.165) is 13.2 Å². The Kier molecular flexibility index (Phi) is 1.66. The number of thiophene rings is 1. The summed E-state index contributed by atoms with van der Waals surface area (Å²) in [5, 5.41) is 3.48. The maximum Gasteiger partial charge on any atom is 0.110 e. The first-order chi connectivity index (χ1) is 5.42. The van der Waals surface area contributed by atoms with Crippen LogP contribution in [-0.2, 0) is 0 Å². The average molecular weight is 166 g/mol. The minimum Gasteiger partial charge on any atom is -0.344 e. The summed E-state index contributed by atoms with van der Waals surface area (Å²) in [4.78, 5) is 6.53. The van der Waals surface area contributed by atoms with E-state index in [1.165, 1.54) is 10.6 Å². The van der Waals surface area contributed by atoms with Crippen molar-refractivity contribution in [3.8, 4) is 0 Å². The Hall–Kier alpha value is -0.830. The lowest BCUT2D eigenvalue weighted by Crippen LogP contribution is -2.25. The van der Waals surface area contributed by atoms with Crippen LogP contribution in [-0.4, -0.2) is 19.4 Å². The first kappa shape index (κ1) is 6.85. The summed E-state index contributed by atoms with van der Waals surface area (Å²) in [5.41, 5.74) is 1.27. The Balaban J connectivity index is 2.41. The molecule has 2 nitrogen and oxygen atoms in total. The van der Waals surface area contributed by atoms with Gasteiger partial charge in [0.05, 0.1) is 0 Å². The van der Waals surface area contributed by atoms with Gasteiger partial charge in [-0.3, -0.25) is 4.99 Å². The monoisotopic (exact) mass is 166 g/mol. The fourth-order valence-electron chi connectivity index (χ4n) is 1.21. The number of aliphatic imine (C=N–C) groups is 1. The second kappa shape index (κ2) is 2.66. The van der Waals surface area contributed by atoms with Crippen molar-refractivity contribution in [3.63, 3.8) is 0 Å². The maximum atomic E-state index is 4.25. The van der Waals surface area contributed by atoms with E-state index in [1.54, 1.807) is 11.3 Å². The van der Waals surface area contributed by atoms with Crippen LogP contribution in [0.5, 0.6) is 0 Å². The number of fused-ring (bicyclic) bond motifs is 1. The fourth-order valence-corrected chi connectivity index (χ4v) is 2.15. The highest BCUT2D eigenvalue weighted by Crippen LogP contribution is 2.28. The van der Waals surface area contributed by atoms with E-state index in [4.69, 9.17) is 0 Å². The van der Waals surface area contributed by atoms with Crippen molar-refractivity contribution >= 4 is 22.6 Å². The molecule has 1 aliphatic rings. The van der Waals surface area contributed by atoms with Crippen LogP contribution in [0.1, 0.15) is 12.5 Å². The van der Waals surface area contributed by atoms with Crippen LogP contribution in [0.25, 0.3) is 0 Å².